The number of piperazine rings is 1. The minimum atomic E-state index is -0.0537. The fourth-order valence-corrected chi connectivity index (χ4v) is 2.75. The molecule has 6 heteroatoms. The number of furan rings is 1. The Morgan fingerprint density at radius 2 is 1.78 bits per heavy atom. The van der Waals surface area contributed by atoms with Gasteiger partial charge in [-0.2, -0.15) is 0 Å². The van der Waals surface area contributed by atoms with E-state index in [0.717, 1.165) is 18.8 Å². The van der Waals surface area contributed by atoms with E-state index in [1.54, 1.807) is 26.4 Å². The molecule has 0 N–H and O–H groups in total. The summed E-state index contributed by atoms with van der Waals surface area (Å²) >= 11 is 0. The van der Waals surface area contributed by atoms with Crippen molar-refractivity contribution in [3.8, 4) is 11.5 Å². The maximum Gasteiger partial charge on any atom is 0.289 e. The second-order valence-electron chi connectivity index (χ2n) is 5.30. The average Bonchev–Trinajstić information content (AvgIpc) is 3.15. The van der Waals surface area contributed by atoms with Gasteiger partial charge in [-0.15, -0.1) is 0 Å². The van der Waals surface area contributed by atoms with E-state index in [9.17, 15) is 4.79 Å². The topological polar surface area (TPSA) is 55.2 Å². The van der Waals surface area contributed by atoms with Gasteiger partial charge in [0, 0.05) is 37.9 Å². The number of rotatable bonds is 4. The summed E-state index contributed by atoms with van der Waals surface area (Å²) in [7, 11) is 3.25. The third-order valence-electron chi connectivity index (χ3n) is 4.03. The Morgan fingerprint density at radius 3 is 2.39 bits per heavy atom. The summed E-state index contributed by atoms with van der Waals surface area (Å²) in [5.41, 5.74) is 1.06. The van der Waals surface area contributed by atoms with Crippen molar-refractivity contribution in [2.45, 2.75) is 0 Å². The number of benzene rings is 1. The Kier molecular flexibility index (Phi) is 4.41. The van der Waals surface area contributed by atoms with E-state index in [1.165, 1.54) is 6.26 Å². The smallest absolute Gasteiger partial charge is 0.289 e. The lowest BCUT2D eigenvalue weighted by Crippen LogP contribution is -2.48. The van der Waals surface area contributed by atoms with E-state index in [2.05, 4.69) is 4.90 Å². The molecule has 0 bridgehead atoms. The molecule has 1 aliphatic rings. The van der Waals surface area contributed by atoms with E-state index in [1.807, 2.05) is 23.1 Å². The highest BCUT2D eigenvalue weighted by Crippen LogP contribution is 2.31. The van der Waals surface area contributed by atoms with Gasteiger partial charge in [-0.05, 0) is 24.3 Å². The van der Waals surface area contributed by atoms with E-state index < -0.39 is 0 Å². The highest BCUT2D eigenvalue weighted by Gasteiger charge is 2.24. The Bertz CT molecular complexity index is 661. The van der Waals surface area contributed by atoms with Gasteiger partial charge in [-0.3, -0.25) is 4.79 Å². The summed E-state index contributed by atoms with van der Waals surface area (Å²) in [5, 5.41) is 0. The molecule has 1 saturated heterocycles. The quantitative estimate of drug-likeness (QED) is 0.866. The van der Waals surface area contributed by atoms with Crippen molar-refractivity contribution >= 4 is 11.6 Å². The fraction of sp³-hybridized carbons (Fsp3) is 0.353. The molecule has 6 nitrogen and oxygen atoms in total. The molecule has 0 aliphatic carbocycles. The molecular weight excluding hydrogens is 296 g/mol. The molecule has 1 amide bonds. The van der Waals surface area contributed by atoms with E-state index >= 15 is 0 Å². The van der Waals surface area contributed by atoms with E-state index in [0.29, 0.717) is 30.3 Å². The molecular formula is C17H20N2O4. The van der Waals surface area contributed by atoms with Crippen LogP contribution in [0.5, 0.6) is 11.5 Å². The van der Waals surface area contributed by atoms with Crippen molar-refractivity contribution in [2.24, 2.45) is 0 Å². The van der Waals surface area contributed by atoms with E-state index in [-0.39, 0.29) is 5.91 Å². The molecule has 1 aromatic heterocycles. The summed E-state index contributed by atoms with van der Waals surface area (Å²) in [5.74, 6) is 1.76. The lowest BCUT2D eigenvalue weighted by atomic mass is 10.2. The van der Waals surface area contributed by atoms with Gasteiger partial charge in [0.1, 0.15) is 0 Å². The van der Waals surface area contributed by atoms with Crippen LogP contribution in [0.15, 0.2) is 41.0 Å². The normalized spacial score (nSPS) is 14.7. The molecule has 2 aromatic rings. The number of hydrogen-bond acceptors (Lipinski definition) is 5. The van der Waals surface area contributed by atoms with Gasteiger partial charge in [0.2, 0.25) is 0 Å². The van der Waals surface area contributed by atoms with Crippen LogP contribution in [0.4, 0.5) is 5.69 Å². The van der Waals surface area contributed by atoms with Crippen LogP contribution in [0.2, 0.25) is 0 Å². The molecule has 2 heterocycles. The van der Waals surface area contributed by atoms with Crippen LogP contribution in [-0.4, -0.2) is 51.2 Å². The number of carbonyl (C=O) groups excluding carboxylic acids is 1. The molecule has 1 fully saturated rings. The lowest BCUT2D eigenvalue weighted by Gasteiger charge is -2.35. The summed E-state index contributed by atoms with van der Waals surface area (Å²) < 4.78 is 15.8. The second kappa shape index (κ2) is 6.64. The van der Waals surface area contributed by atoms with Crippen molar-refractivity contribution in [3.05, 3.63) is 42.4 Å². The SMILES string of the molecule is COc1ccc(N2CCN(C(=O)c3ccco3)CC2)cc1OC. The molecule has 0 unspecified atom stereocenters. The third-order valence-corrected chi connectivity index (χ3v) is 4.03. The monoisotopic (exact) mass is 316 g/mol. The van der Waals surface area contributed by atoms with Crippen LogP contribution in [0.25, 0.3) is 0 Å². The molecule has 0 spiro atoms. The third kappa shape index (κ3) is 3.11. The first-order chi connectivity index (χ1) is 11.2. The van der Waals surface area contributed by atoms with Crippen molar-refractivity contribution in [2.75, 3.05) is 45.3 Å². The maximum atomic E-state index is 12.3. The minimum absolute atomic E-state index is 0.0537. The number of hydrogen-bond donors (Lipinski definition) is 0. The van der Waals surface area contributed by atoms with Gasteiger partial charge in [0.05, 0.1) is 20.5 Å². The number of methoxy groups -OCH3 is 2. The second-order valence-corrected chi connectivity index (χ2v) is 5.30. The predicted molar refractivity (Wildman–Crippen MR) is 86.4 cm³/mol. The standard InChI is InChI=1S/C17H20N2O4/c1-21-14-6-5-13(12-16(14)22-2)18-7-9-19(10-8-18)17(20)15-4-3-11-23-15/h3-6,11-12H,7-10H2,1-2H3. The minimum Gasteiger partial charge on any atom is -0.493 e. The zero-order chi connectivity index (χ0) is 16.2. The largest absolute Gasteiger partial charge is 0.493 e. The molecule has 3 rings (SSSR count). The van der Waals surface area contributed by atoms with Gasteiger partial charge in [-0.25, -0.2) is 0 Å². The van der Waals surface area contributed by atoms with Crippen molar-refractivity contribution in [1.29, 1.82) is 0 Å². The first-order valence-corrected chi connectivity index (χ1v) is 7.52. The molecule has 122 valence electrons. The van der Waals surface area contributed by atoms with Crippen LogP contribution >= 0.6 is 0 Å². The van der Waals surface area contributed by atoms with Crippen molar-refractivity contribution in [3.63, 3.8) is 0 Å². The average molecular weight is 316 g/mol. The fourth-order valence-electron chi connectivity index (χ4n) is 2.75. The van der Waals surface area contributed by atoms with Crippen molar-refractivity contribution in [1.82, 2.24) is 4.90 Å². The molecule has 0 saturated carbocycles. The molecule has 0 radical (unpaired) electrons. The predicted octanol–water partition coefficient (Wildman–Crippen LogP) is 2.26. The van der Waals surface area contributed by atoms with E-state index in [4.69, 9.17) is 13.9 Å². The number of anilines is 1. The summed E-state index contributed by atoms with van der Waals surface area (Å²) in [4.78, 5) is 16.3. The molecule has 0 atom stereocenters. The summed E-state index contributed by atoms with van der Waals surface area (Å²) in [6.07, 6.45) is 1.52. The maximum absolute atomic E-state index is 12.3. The Morgan fingerprint density at radius 1 is 1.04 bits per heavy atom. The molecule has 1 aromatic carbocycles. The van der Waals surface area contributed by atoms with Crippen LogP contribution in [0.1, 0.15) is 10.6 Å². The summed E-state index contributed by atoms with van der Waals surface area (Å²) in [6, 6.07) is 9.29. The van der Waals surface area contributed by atoms with Gasteiger partial charge < -0.3 is 23.7 Å². The van der Waals surface area contributed by atoms with Crippen molar-refractivity contribution < 1.29 is 18.7 Å². The number of carbonyl (C=O) groups is 1. The Hall–Kier alpha value is -2.63. The van der Waals surface area contributed by atoms with Crippen LogP contribution in [0.3, 0.4) is 0 Å². The highest BCUT2D eigenvalue weighted by molar-refractivity contribution is 5.91. The summed E-state index contributed by atoms with van der Waals surface area (Å²) in [6.45, 7) is 2.85. The first-order valence-electron chi connectivity index (χ1n) is 7.52. The van der Waals surface area contributed by atoms with Crippen LogP contribution < -0.4 is 14.4 Å². The Balaban J connectivity index is 1.66. The van der Waals surface area contributed by atoms with Gasteiger partial charge in [0.15, 0.2) is 17.3 Å². The number of nitrogens with zero attached hydrogens (tertiary/aromatic N) is 2. The van der Waals surface area contributed by atoms with Gasteiger partial charge in [0.25, 0.3) is 5.91 Å². The zero-order valence-corrected chi connectivity index (χ0v) is 13.3. The van der Waals surface area contributed by atoms with Crippen LogP contribution in [-0.2, 0) is 0 Å². The number of ether oxygens (including phenoxy) is 2. The lowest BCUT2D eigenvalue weighted by molar-refractivity contribution is 0.0714. The first kappa shape index (κ1) is 15.3. The number of amides is 1. The van der Waals surface area contributed by atoms with Crippen LogP contribution in [0, 0.1) is 0 Å². The van der Waals surface area contributed by atoms with Gasteiger partial charge in [-0.1, -0.05) is 0 Å². The molecule has 1 aliphatic heterocycles. The molecule has 23 heavy (non-hydrogen) atoms. The highest BCUT2D eigenvalue weighted by atomic mass is 16.5. The van der Waals surface area contributed by atoms with Gasteiger partial charge >= 0.3 is 0 Å². The Labute approximate surface area is 135 Å². The zero-order valence-electron chi connectivity index (χ0n) is 13.3.